The molecule has 0 aromatic rings. The van der Waals surface area contributed by atoms with Crippen molar-refractivity contribution in [3.05, 3.63) is 0 Å². The van der Waals surface area contributed by atoms with Crippen LogP contribution in [0.5, 0.6) is 0 Å². The fourth-order valence-electron chi connectivity index (χ4n) is 2.35. The second-order valence-electron chi connectivity index (χ2n) is 4.98. The maximum absolute atomic E-state index is 5.31. The van der Waals surface area contributed by atoms with E-state index in [-0.39, 0.29) is 24.0 Å². The molecule has 1 heterocycles. The largest absolute Gasteiger partial charge is 0.382 e. The van der Waals surface area contributed by atoms with Crippen LogP contribution in [-0.2, 0) is 4.74 Å². The zero-order chi connectivity index (χ0) is 13.9. The van der Waals surface area contributed by atoms with E-state index in [0.717, 1.165) is 44.6 Å². The molecule has 5 nitrogen and oxygen atoms in total. The summed E-state index contributed by atoms with van der Waals surface area (Å²) in [6.45, 7) is 11.4. The first-order valence-corrected chi connectivity index (χ1v) is 7.54. The van der Waals surface area contributed by atoms with Crippen molar-refractivity contribution >= 4 is 29.9 Å². The Kier molecular flexibility index (Phi) is 12.6. The minimum Gasteiger partial charge on any atom is -0.382 e. The average Bonchev–Trinajstić information content (AvgIpc) is 2.90. The maximum Gasteiger partial charge on any atom is 0.190 e. The maximum atomic E-state index is 5.31. The Bertz CT molecular complexity index is 264. The highest BCUT2D eigenvalue weighted by Gasteiger charge is 2.20. The van der Waals surface area contributed by atoms with E-state index in [1.54, 1.807) is 0 Å². The van der Waals surface area contributed by atoms with Crippen LogP contribution in [0, 0.1) is 5.92 Å². The molecule has 2 N–H and O–H groups in total. The summed E-state index contributed by atoms with van der Waals surface area (Å²) in [6.07, 6.45) is 2.31. The van der Waals surface area contributed by atoms with Gasteiger partial charge in [0.15, 0.2) is 5.96 Å². The van der Waals surface area contributed by atoms with Gasteiger partial charge in [-0.3, -0.25) is 4.99 Å². The van der Waals surface area contributed by atoms with Gasteiger partial charge in [0, 0.05) is 39.9 Å². The van der Waals surface area contributed by atoms with E-state index in [9.17, 15) is 0 Å². The number of likely N-dealkylation sites (tertiary alicyclic amines) is 1. The van der Waals surface area contributed by atoms with Gasteiger partial charge in [0.05, 0.1) is 0 Å². The fraction of sp³-hybridized carbons (Fsp3) is 0.929. The number of aliphatic imine (C=N–C) groups is 1. The molecule has 20 heavy (non-hydrogen) atoms. The summed E-state index contributed by atoms with van der Waals surface area (Å²) in [5.74, 6) is 1.66. The predicted molar refractivity (Wildman–Crippen MR) is 96.1 cm³/mol. The van der Waals surface area contributed by atoms with Gasteiger partial charge in [-0.1, -0.05) is 6.92 Å². The minimum absolute atomic E-state index is 0. The lowest BCUT2D eigenvalue weighted by atomic mass is 10.1. The first kappa shape index (κ1) is 19.9. The third-order valence-corrected chi connectivity index (χ3v) is 3.56. The normalized spacial score (nSPS) is 19.8. The summed E-state index contributed by atoms with van der Waals surface area (Å²) in [5, 5.41) is 6.74. The van der Waals surface area contributed by atoms with Gasteiger partial charge in [-0.25, -0.2) is 0 Å². The summed E-state index contributed by atoms with van der Waals surface area (Å²) in [6, 6.07) is 0. The van der Waals surface area contributed by atoms with Crippen LogP contribution >= 0.6 is 24.0 Å². The second-order valence-corrected chi connectivity index (χ2v) is 4.98. The first-order valence-electron chi connectivity index (χ1n) is 7.54. The average molecular weight is 398 g/mol. The number of rotatable bonds is 8. The van der Waals surface area contributed by atoms with Crippen molar-refractivity contribution < 1.29 is 4.74 Å². The van der Waals surface area contributed by atoms with Crippen molar-refractivity contribution in [2.45, 2.75) is 26.7 Å². The molecule has 0 spiro atoms. The summed E-state index contributed by atoms with van der Waals surface area (Å²) in [5.41, 5.74) is 0. The van der Waals surface area contributed by atoms with Gasteiger partial charge in [0.25, 0.3) is 0 Å². The highest BCUT2D eigenvalue weighted by atomic mass is 127. The van der Waals surface area contributed by atoms with Crippen molar-refractivity contribution in [2.75, 3.05) is 53.0 Å². The SMILES string of the molecule is CCOCCCNC(=NC)NCC1CCN(CC)C1.I. The monoisotopic (exact) mass is 398 g/mol. The lowest BCUT2D eigenvalue weighted by molar-refractivity contribution is 0.145. The number of hydrogen-bond acceptors (Lipinski definition) is 3. The van der Waals surface area contributed by atoms with E-state index >= 15 is 0 Å². The molecule has 0 amide bonds. The van der Waals surface area contributed by atoms with Crippen LogP contribution in [0.1, 0.15) is 26.7 Å². The van der Waals surface area contributed by atoms with Crippen LogP contribution < -0.4 is 10.6 Å². The predicted octanol–water partition coefficient (Wildman–Crippen LogP) is 1.54. The highest BCUT2D eigenvalue weighted by molar-refractivity contribution is 14.0. The van der Waals surface area contributed by atoms with E-state index in [1.165, 1.54) is 26.1 Å². The van der Waals surface area contributed by atoms with Gasteiger partial charge in [0.2, 0.25) is 0 Å². The molecule has 1 unspecified atom stereocenters. The molecule has 1 rings (SSSR count). The van der Waals surface area contributed by atoms with E-state index in [2.05, 4.69) is 27.4 Å². The molecule has 0 aromatic heterocycles. The van der Waals surface area contributed by atoms with Gasteiger partial charge in [-0.15, -0.1) is 24.0 Å². The van der Waals surface area contributed by atoms with Crippen LogP contribution in [0.2, 0.25) is 0 Å². The topological polar surface area (TPSA) is 48.9 Å². The number of ether oxygens (including phenoxy) is 1. The van der Waals surface area contributed by atoms with Gasteiger partial charge in [-0.05, 0) is 38.8 Å². The van der Waals surface area contributed by atoms with Crippen LogP contribution in [0.15, 0.2) is 4.99 Å². The lowest BCUT2D eigenvalue weighted by Gasteiger charge is -2.16. The summed E-state index contributed by atoms with van der Waals surface area (Å²) >= 11 is 0. The molecule has 1 aliphatic heterocycles. The van der Waals surface area contributed by atoms with Crippen LogP contribution in [0.3, 0.4) is 0 Å². The lowest BCUT2D eigenvalue weighted by Crippen LogP contribution is -2.40. The summed E-state index contributed by atoms with van der Waals surface area (Å²) in [4.78, 5) is 6.75. The number of guanidine groups is 1. The Morgan fingerprint density at radius 1 is 1.35 bits per heavy atom. The number of halogens is 1. The van der Waals surface area contributed by atoms with E-state index in [1.807, 2.05) is 14.0 Å². The van der Waals surface area contributed by atoms with Crippen molar-refractivity contribution in [2.24, 2.45) is 10.9 Å². The third kappa shape index (κ3) is 8.26. The van der Waals surface area contributed by atoms with Crippen LogP contribution in [-0.4, -0.2) is 63.8 Å². The number of nitrogens with one attached hydrogen (secondary N) is 2. The molecular formula is C14H31IN4O. The van der Waals surface area contributed by atoms with E-state index < -0.39 is 0 Å². The van der Waals surface area contributed by atoms with Crippen molar-refractivity contribution in [1.29, 1.82) is 0 Å². The van der Waals surface area contributed by atoms with Gasteiger partial charge < -0.3 is 20.3 Å². The fourth-order valence-corrected chi connectivity index (χ4v) is 2.35. The van der Waals surface area contributed by atoms with Gasteiger partial charge >= 0.3 is 0 Å². The Hall–Kier alpha value is -0.0800. The third-order valence-electron chi connectivity index (χ3n) is 3.56. The summed E-state index contributed by atoms with van der Waals surface area (Å²) in [7, 11) is 1.82. The van der Waals surface area contributed by atoms with Crippen molar-refractivity contribution in [3.8, 4) is 0 Å². The Morgan fingerprint density at radius 3 is 2.75 bits per heavy atom. The molecule has 1 saturated heterocycles. The Labute approximate surface area is 140 Å². The zero-order valence-electron chi connectivity index (χ0n) is 13.2. The van der Waals surface area contributed by atoms with Crippen molar-refractivity contribution in [3.63, 3.8) is 0 Å². The summed E-state index contributed by atoms with van der Waals surface area (Å²) < 4.78 is 5.31. The molecule has 1 fully saturated rings. The standard InChI is InChI=1S/C14H30N4O.HI/c1-4-18-9-7-13(12-18)11-17-14(15-3)16-8-6-10-19-5-2;/h13H,4-12H2,1-3H3,(H2,15,16,17);1H. The quantitative estimate of drug-likeness (QED) is 0.282. The van der Waals surface area contributed by atoms with Crippen LogP contribution in [0.4, 0.5) is 0 Å². The van der Waals surface area contributed by atoms with E-state index in [4.69, 9.17) is 4.74 Å². The molecule has 120 valence electrons. The first-order chi connectivity index (χ1) is 9.30. The second kappa shape index (κ2) is 12.6. The van der Waals surface area contributed by atoms with Gasteiger partial charge in [-0.2, -0.15) is 0 Å². The molecule has 0 aliphatic carbocycles. The molecule has 1 atom stereocenters. The van der Waals surface area contributed by atoms with Gasteiger partial charge in [0.1, 0.15) is 0 Å². The Morgan fingerprint density at radius 2 is 2.15 bits per heavy atom. The van der Waals surface area contributed by atoms with E-state index in [0.29, 0.717) is 0 Å². The molecular weight excluding hydrogens is 367 g/mol. The minimum atomic E-state index is 0. The molecule has 0 aromatic carbocycles. The highest BCUT2D eigenvalue weighted by Crippen LogP contribution is 2.14. The molecule has 6 heteroatoms. The Balaban J connectivity index is 0.00000361. The molecule has 0 bridgehead atoms. The number of nitrogens with zero attached hydrogens (tertiary/aromatic N) is 2. The molecule has 1 aliphatic rings. The molecule has 0 radical (unpaired) electrons. The number of hydrogen-bond donors (Lipinski definition) is 2. The smallest absolute Gasteiger partial charge is 0.190 e. The molecule has 0 saturated carbocycles. The zero-order valence-corrected chi connectivity index (χ0v) is 15.5. The van der Waals surface area contributed by atoms with Crippen LogP contribution in [0.25, 0.3) is 0 Å². The van der Waals surface area contributed by atoms with Crippen molar-refractivity contribution in [1.82, 2.24) is 15.5 Å².